The molecule has 7 heteroatoms. The molecule has 0 amide bonds. The average molecular weight is 290 g/mol. The molecular weight excluding hydrogens is 272 g/mol. The molecule has 0 aliphatic rings. The summed E-state index contributed by atoms with van der Waals surface area (Å²) in [6.45, 7) is 5.61. The fourth-order valence-corrected chi connectivity index (χ4v) is 1.98. The molecule has 21 heavy (non-hydrogen) atoms. The summed E-state index contributed by atoms with van der Waals surface area (Å²) in [5, 5.41) is 18.4. The zero-order valence-corrected chi connectivity index (χ0v) is 12.5. The highest BCUT2D eigenvalue weighted by molar-refractivity contribution is 5.65. The lowest BCUT2D eigenvalue weighted by Gasteiger charge is -2.12. The van der Waals surface area contributed by atoms with Gasteiger partial charge in [-0.2, -0.15) is 5.10 Å². The summed E-state index contributed by atoms with van der Waals surface area (Å²) in [4.78, 5) is 10.6. The number of aryl methyl sites for hydroxylation is 2. The van der Waals surface area contributed by atoms with Gasteiger partial charge in [-0.3, -0.25) is 14.8 Å². The second-order valence-electron chi connectivity index (χ2n) is 5.07. The van der Waals surface area contributed by atoms with Crippen LogP contribution in [-0.2, 0) is 7.05 Å². The van der Waals surface area contributed by atoms with Crippen LogP contribution in [0.2, 0.25) is 0 Å². The minimum absolute atomic E-state index is 0.0165. The highest BCUT2D eigenvalue weighted by Crippen LogP contribution is 2.29. The van der Waals surface area contributed by atoms with E-state index >= 15 is 0 Å². The molecule has 112 valence electrons. The molecule has 0 unspecified atom stereocenters. The Bertz CT molecular complexity index is 664. The molecule has 2 rings (SSSR count). The fourth-order valence-electron chi connectivity index (χ4n) is 1.98. The van der Waals surface area contributed by atoms with Crippen LogP contribution in [0.3, 0.4) is 0 Å². The van der Waals surface area contributed by atoms with Gasteiger partial charge in [0, 0.05) is 31.1 Å². The Hall–Kier alpha value is -2.57. The Morgan fingerprint density at radius 1 is 1.38 bits per heavy atom. The molecule has 0 bridgehead atoms. The van der Waals surface area contributed by atoms with E-state index in [9.17, 15) is 10.1 Å². The molecule has 0 spiro atoms. The summed E-state index contributed by atoms with van der Waals surface area (Å²) in [5.74, 6) is 0.461. The van der Waals surface area contributed by atoms with Crippen molar-refractivity contribution in [3.8, 4) is 5.75 Å². The van der Waals surface area contributed by atoms with Gasteiger partial charge in [0.05, 0.1) is 28.5 Å². The number of rotatable bonds is 5. The largest absolute Gasteiger partial charge is 0.491 e. The third kappa shape index (κ3) is 3.71. The van der Waals surface area contributed by atoms with Crippen LogP contribution < -0.4 is 10.1 Å². The lowest BCUT2D eigenvalue weighted by atomic mass is 10.2. The molecule has 0 aliphatic heterocycles. The Morgan fingerprint density at radius 3 is 2.62 bits per heavy atom. The van der Waals surface area contributed by atoms with Gasteiger partial charge < -0.3 is 10.1 Å². The number of nitrogens with one attached hydrogen (secondary N) is 1. The molecule has 1 heterocycles. The summed E-state index contributed by atoms with van der Waals surface area (Å²) in [6.07, 6.45) is 1.76. The summed E-state index contributed by atoms with van der Waals surface area (Å²) in [7, 11) is 1.82. The van der Waals surface area contributed by atoms with Crippen molar-refractivity contribution in [3.63, 3.8) is 0 Å². The van der Waals surface area contributed by atoms with E-state index in [2.05, 4.69) is 10.4 Å². The van der Waals surface area contributed by atoms with Crippen molar-refractivity contribution in [2.75, 3.05) is 5.32 Å². The maximum absolute atomic E-state index is 11.0. The first kappa shape index (κ1) is 14.8. The number of non-ortho nitro benzene ring substituents is 1. The van der Waals surface area contributed by atoms with Crippen molar-refractivity contribution in [2.24, 2.45) is 7.05 Å². The van der Waals surface area contributed by atoms with Crippen molar-refractivity contribution < 1.29 is 9.66 Å². The monoisotopic (exact) mass is 290 g/mol. The normalized spacial score (nSPS) is 10.7. The van der Waals surface area contributed by atoms with Crippen LogP contribution >= 0.6 is 0 Å². The second kappa shape index (κ2) is 5.82. The van der Waals surface area contributed by atoms with Crippen LogP contribution in [0, 0.1) is 17.0 Å². The summed E-state index contributed by atoms with van der Waals surface area (Å²) in [5.41, 5.74) is 2.19. The standard InChI is InChI=1S/C14H18N4O3/c1-9(2)21-13-6-11(5-12(7-13)18(19)20)15-14-8-17(4)16-10(14)3/h5-9,15H,1-4H3. The number of hydrogen-bond donors (Lipinski definition) is 1. The molecule has 0 saturated carbocycles. The van der Waals surface area contributed by atoms with Gasteiger partial charge in [-0.25, -0.2) is 0 Å². The molecule has 0 fully saturated rings. The predicted octanol–water partition coefficient (Wildman–Crippen LogP) is 3.17. The third-order valence-electron chi connectivity index (χ3n) is 2.77. The van der Waals surface area contributed by atoms with Crippen LogP contribution in [0.5, 0.6) is 5.75 Å². The van der Waals surface area contributed by atoms with Gasteiger partial charge in [-0.1, -0.05) is 0 Å². The van der Waals surface area contributed by atoms with Crippen molar-refractivity contribution in [3.05, 3.63) is 40.2 Å². The summed E-state index contributed by atoms with van der Waals surface area (Å²) < 4.78 is 7.23. The molecule has 7 nitrogen and oxygen atoms in total. The van der Waals surface area contributed by atoms with Gasteiger partial charge in [0.1, 0.15) is 5.75 Å². The van der Waals surface area contributed by atoms with E-state index in [0.29, 0.717) is 11.4 Å². The third-order valence-corrected chi connectivity index (χ3v) is 2.77. The highest BCUT2D eigenvalue weighted by Gasteiger charge is 2.13. The molecule has 0 saturated heterocycles. The topological polar surface area (TPSA) is 82.2 Å². The SMILES string of the molecule is Cc1nn(C)cc1Nc1cc(OC(C)C)cc([N+](=O)[O-])c1. The van der Waals surface area contributed by atoms with Crippen molar-refractivity contribution >= 4 is 17.1 Å². The molecule has 0 atom stereocenters. The predicted molar refractivity (Wildman–Crippen MR) is 80.1 cm³/mol. The van der Waals surface area contributed by atoms with Crippen molar-refractivity contribution in [1.29, 1.82) is 0 Å². The molecule has 1 aromatic carbocycles. The Labute approximate surface area is 122 Å². The van der Waals surface area contributed by atoms with E-state index in [1.807, 2.05) is 34.0 Å². The maximum atomic E-state index is 11.0. The van der Waals surface area contributed by atoms with E-state index in [4.69, 9.17) is 4.74 Å². The number of nitro benzene ring substituents is 1. The number of aromatic nitrogens is 2. The first-order chi connectivity index (χ1) is 9.85. The van der Waals surface area contributed by atoms with Gasteiger partial charge in [0.25, 0.3) is 5.69 Å². The minimum atomic E-state index is -0.436. The van der Waals surface area contributed by atoms with Gasteiger partial charge in [-0.15, -0.1) is 0 Å². The summed E-state index contributed by atoms with van der Waals surface area (Å²) >= 11 is 0. The van der Waals surface area contributed by atoms with Gasteiger partial charge in [0.2, 0.25) is 0 Å². The lowest BCUT2D eigenvalue weighted by Crippen LogP contribution is -2.06. The molecule has 0 aliphatic carbocycles. The number of nitro groups is 1. The smallest absolute Gasteiger partial charge is 0.275 e. The second-order valence-corrected chi connectivity index (χ2v) is 5.07. The summed E-state index contributed by atoms with van der Waals surface area (Å²) in [6, 6.07) is 4.63. The number of anilines is 2. The fraction of sp³-hybridized carbons (Fsp3) is 0.357. The number of benzene rings is 1. The number of nitrogens with zero attached hydrogens (tertiary/aromatic N) is 3. The number of hydrogen-bond acceptors (Lipinski definition) is 5. The van der Waals surface area contributed by atoms with Crippen LogP contribution in [0.4, 0.5) is 17.1 Å². The zero-order valence-electron chi connectivity index (χ0n) is 12.5. The quantitative estimate of drug-likeness (QED) is 0.675. The highest BCUT2D eigenvalue weighted by atomic mass is 16.6. The zero-order chi connectivity index (χ0) is 15.6. The lowest BCUT2D eigenvalue weighted by molar-refractivity contribution is -0.384. The molecule has 0 radical (unpaired) electrons. The van der Waals surface area contributed by atoms with E-state index in [1.54, 1.807) is 10.7 Å². The van der Waals surface area contributed by atoms with Gasteiger partial charge in [0.15, 0.2) is 0 Å². The van der Waals surface area contributed by atoms with Gasteiger partial charge >= 0.3 is 0 Å². The van der Waals surface area contributed by atoms with Crippen LogP contribution in [0.15, 0.2) is 24.4 Å². The number of ether oxygens (including phenoxy) is 1. The van der Waals surface area contributed by atoms with E-state index in [-0.39, 0.29) is 11.8 Å². The Kier molecular flexibility index (Phi) is 4.11. The molecule has 2 aromatic rings. The first-order valence-corrected chi connectivity index (χ1v) is 6.58. The maximum Gasteiger partial charge on any atom is 0.275 e. The van der Waals surface area contributed by atoms with Gasteiger partial charge in [-0.05, 0) is 20.8 Å². The van der Waals surface area contributed by atoms with E-state index in [1.165, 1.54) is 12.1 Å². The first-order valence-electron chi connectivity index (χ1n) is 6.58. The molecule has 1 N–H and O–H groups in total. The Morgan fingerprint density at radius 2 is 2.10 bits per heavy atom. The van der Waals surface area contributed by atoms with Crippen LogP contribution in [-0.4, -0.2) is 20.8 Å². The van der Waals surface area contributed by atoms with Crippen LogP contribution in [0.25, 0.3) is 0 Å². The van der Waals surface area contributed by atoms with E-state index < -0.39 is 4.92 Å². The molecule has 1 aromatic heterocycles. The average Bonchev–Trinajstić information content (AvgIpc) is 2.66. The van der Waals surface area contributed by atoms with E-state index in [0.717, 1.165) is 11.4 Å². The Balaban J connectivity index is 2.35. The van der Waals surface area contributed by atoms with Crippen molar-refractivity contribution in [2.45, 2.75) is 26.9 Å². The molecular formula is C14H18N4O3. The minimum Gasteiger partial charge on any atom is -0.491 e. The van der Waals surface area contributed by atoms with Crippen LogP contribution in [0.1, 0.15) is 19.5 Å². The van der Waals surface area contributed by atoms with Crippen molar-refractivity contribution in [1.82, 2.24) is 9.78 Å².